The summed E-state index contributed by atoms with van der Waals surface area (Å²) < 4.78 is 0. The zero-order valence-electron chi connectivity index (χ0n) is 11.4. The smallest absolute Gasteiger partial charge is 0.0627 e. The summed E-state index contributed by atoms with van der Waals surface area (Å²) in [5.74, 6) is 0. The summed E-state index contributed by atoms with van der Waals surface area (Å²) in [4.78, 5) is 0. The third-order valence-corrected chi connectivity index (χ3v) is 4.85. The van der Waals surface area contributed by atoms with Gasteiger partial charge in [-0.05, 0) is 49.9 Å². The van der Waals surface area contributed by atoms with Crippen LogP contribution in [0, 0.1) is 22.2 Å². The molecule has 0 spiro atoms. The quantitative estimate of drug-likeness (QED) is 0.736. The van der Waals surface area contributed by atoms with Crippen LogP contribution in [0.1, 0.15) is 59.3 Å². The molecule has 0 unspecified atom stereocenters. The van der Waals surface area contributed by atoms with Gasteiger partial charge in [0.05, 0.1) is 12.2 Å². The molecule has 0 radical (unpaired) electrons. The summed E-state index contributed by atoms with van der Waals surface area (Å²) in [6.07, 6.45) is 5.15. The van der Waals surface area contributed by atoms with Crippen LogP contribution in [0.5, 0.6) is 0 Å². The van der Waals surface area contributed by atoms with Gasteiger partial charge in [-0.15, -0.1) is 6.58 Å². The molecule has 1 aliphatic carbocycles. The van der Waals surface area contributed by atoms with Gasteiger partial charge in [-0.1, -0.05) is 19.4 Å². The van der Waals surface area contributed by atoms with Crippen molar-refractivity contribution < 1.29 is 5.11 Å². The highest BCUT2D eigenvalue weighted by Gasteiger charge is 2.53. The zero-order chi connectivity index (χ0) is 13.1. The number of hydrogen-bond acceptors (Lipinski definition) is 2. The van der Waals surface area contributed by atoms with Crippen LogP contribution in [-0.2, 0) is 0 Å². The van der Waals surface area contributed by atoms with Gasteiger partial charge >= 0.3 is 0 Å². The average molecular weight is 235 g/mol. The molecule has 0 aliphatic heterocycles. The van der Waals surface area contributed by atoms with E-state index < -0.39 is 0 Å². The van der Waals surface area contributed by atoms with Gasteiger partial charge in [0, 0.05) is 6.42 Å². The Morgan fingerprint density at radius 1 is 1.53 bits per heavy atom. The van der Waals surface area contributed by atoms with Crippen LogP contribution >= 0.6 is 0 Å². The van der Waals surface area contributed by atoms with Crippen molar-refractivity contribution in [1.82, 2.24) is 0 Å². The molecule has 0 aromatic rings. The standard InChI is InChI=1S/C15H25NO/c1-12(2)6-5-8-15(4)13(17)7-9-14(15,3)10-11-16/h13,17H,1,5-10H2,2-4H3/t13-,14-,15-/m0/s1. The number of aliphatic hydroxyl groups is 1. The largest absolute Gasteiger partial charge is 0.393 e. The Balaban J connectivity index is 2.74. The SMILES string of the molecule is C=C(C)CCC[C@@]1(C)[C@@H](O)CC[C@@]1(C)CC#N. The van der Waals surface area contributed by atoms with E-state index in [4.69, 9.17) is 5.26 Å². The molecule has 1 saturated carbocycles. The summed E-state index contributed by atoms with van der Waals surface area (Å²) >= 11 is 0. The lowest BCUT2D eigenvalue weighted by Crippen LogP contribution is -2.39. The Hall–Kier alpha value is -0.810. The number of nitriles is 1. The zero-order valence-corrected chi connectivity index (χ0v) is 11.4. The van der Waals surface area contributed by atoms with E-state index in [1.54, 1.807) is 0 Å². The number of allylic oxidation sites excluding steroid dienone is 1. The van der Waals surface area contributed by atoms with Gasteiger partial charge in [-0.3, -0.25) is 0 Å². The molecule has 0 bridgehead atoms. The molecular formula is C15H25NO. The first-order chi connectivity index (χ1) is 7.85. The second-order valence-corrected chi connectivity index (χ2v) is 6.18. The van der Waals surface area contributed by atoms with Crippen molar-refractivity contribution in [3.8, 4) is 6.07 Å². The second-order valence-electron chi connectivity index (χ2n) is 6.18. The third-order valence-electron chi connectivity index (χ3n) is 4.85. The lowest BCUT2D eigenvalue weighted by molar-refractivity contribution is -0.0100. The maximum atomic E-state index is 10.2. The topological polar surface area (TPSA) is 44.0 Å². The van der Waals surface area contributed by atoms with Crippen molar-refractivity contribution in [2.24, 2.45) is 10.8 Å². The monoisotopic (exact) mass is 235 g/mol. The van der Waals surface area contributed by atoms with E-state index >= 15 is 0 Å². The van der Waals surface area contributed by atoms with Crippen molar-refractivity contribution in [2.75, 3.05) is 0 Å². The Labute approximate surface area is 105 Å². The fourth-order valence-corrected chi connectivity index (χ4v) is 3.15. The molecule has 0 aromatic carbocycles. The predicted octanol–water partition coefficient (Wildman–Crippen LogP) is 3.81. The summed E-state index contributed by atoms with van der Waals surface area (Å²) in [5, 5.41) is 19.2. The first-order valence-electron chi connectivity index (χ1n) is 6.55. The van der Waals surface area contributed by atoms with Crippen LogP contribution in [-0.4, -0.2) is 11.2 Å². The van der Waals surface area contributed by atoms with Crippen molar-refractivity contribution >= 4 is 0 Å². The van der Waals surface area contributed by atoms with Crippen molar-refractivity contribution in [1.29, 1.82) is 5.26 Å². The molecule has 96 valence electrons. The van der Waals surface area contributed by atoms with Gasteiger partial charge in [-0.25, -0.2) is 0 Å². The summed E-state index contributed by atoms with van der Waals surface area (Å²) in [6, 6.07) is 2.30. The Kier molecular flexibility index (Phi) is 4.38. The van der Waals surface area contributed by atoms with E-state index in [1.165, 1.54) is 5.57 Å². The molecule has 2 heteroatoms. The highest BCUT2D eigenvalue weighted by atomic mass is 16.3. The Morgan fingerprint density at radius 3 is 2.71 bits per heavy atom. The van der Waals surface area contributed by atoms with Gasteiger partial charge in [0.15, 0.2) is 0 Å². The van der Waals surface area contributed by atoms with E-state index in [1.807, 2.05) is 6.92 Å². The van der Waals surface area contributed by atoms with E-state index in [0.717, 1.165) is 32.1 Å². The number of nitrogens with zero attached hydrogens (tertiary/aromatic N) is 1. The minimum Gasteiger partial charge on any atom is -0.393 e. The third kappa shape index (κ3) is 2.72. The molecule has 0 amide bonds. The molecule has 1 fully saturated rings. The normalized spacial score (nSPS) is 36.8. The van der Waals surface area contributed by atoms with Gasteiger partial charge in [0.25, 0.3) is 0 Å². The Bertz CT molecular complexity index is 330. The second kappa shape index (κ2) is 5.23. The van der Waals surface area contributed by atoms with E-state index in [9.17, 15) is 5.11 Å². The molecule has 0 saturated heterocycles. The summed E-state index contributed by atoms with van der Waals surface area (Å²) in [5.41, 5.74) is 1.05. The van der Waals surface area contributed by atoms with Crippen LogP contribution in [0.25, 0.3) is 0 Å². The van der Waals surface area contributed by atoms with Crippen molar-refractivity contribution in [3.05, 3.63) is 12.2 Å². The minimum atomic E-state index is -0.258. The average Bonchev–Trinajstić information content (AvgIpc) is 2.44. The van der Waals surface area contributed by atoms with E-state index in [2.05, 4.69) is 26.5 Å². The molecule has 2 nitrogen and oxygen atoms in total. The van der Waals surface area contributed by atoms with E-state index in [0.29, 0.717) is 6.42 Å². The molecule has 0 heterocycles. The fourth-order valence-electron chi connectivity index (χ4n) is 3.15. The molecule has 1 N–H and O–H groups in total. The summed E-state index contributed by atoms with van der Waals surface area (Å²) in [7, 11) is 0. The highest BCUT2D eigenvalue weighted by Crippen LogP contribution is 2.57. The lowest BCUT2D eigenvalue weighted by Gasteiger charge is -2.42. The molecular weight excluding hydrogens is 210 g/mol. The van der Waals surface area contributed by atoms with E-state index in [-0.39, 0.29) is 16.9 Å². The lowest BCUT2D eigenvalue weighted by atomic mass is 9.63. The van der Waals surface area contributed by atoms with Crippen LogP contribution < -0.4 is 0 Å². The first kappa shape index (κ1) is 14.3. The predicted molar refractivity (Wildman–Crippen MR) is 70.3 cm³/mol. The van der Waals surface area contributed by atoms with Crippen LogP contribution in [0.3, 0.4) is 0 Å². The summed E-state index contributed by atoms with van der Waals surface area (Å²) in [6.45, 7) is 10.3. The van der Waals surface area contributed by atoms with Crippen LogP contribution in [0.4, 0.5) is 0 Å². The first-order valence-corrected chi connectivity index (χ1v) is 6.55. The van der Waals surface area contributed by atoms with Crippen molar-refractivity contribution in [3.63, 3.8) is 0 Å². The number of hydrogen-bond donors (Lipinski definition) is 1. The Morgan fingerprint density at radius 2 is 2.18 bits per heavy atom. The molecule has 17 heavy (non-hydrogen) atoms. The molecule has 1 aliphatic rings. The number of aliphatic hydroxyl groups excluding tert-OH is 1. The van der Waals surface area contributed by atoms with Gasteiger partial charge in [-0.2, -0.15) is 5.26 Å². The van der Waals surface area contributed by atoms with Crippen LogP contribution in [0.15, 0.2) is 12.2 Å². The fraction of sp³-hybridized carbons (Fsp3) is 0.800. The van der Waals surface area contributed by atoms with Crippen molar-refractivity contribution in [2.45, 2.75) is 65.4 Å². The van der Waals surface area contributed by atoms with Gasteiger partial charge in [0.2, 0.25) is 0 Å². The van der Waals surface area contributed by atoms with Gasteiger partial charge < -0.3 is 5.11 Å². The number of rotatable bonds is 5. The van der Waals surface area contributed by atoms with Crippen LogP contribution in [0.2, 0.25) is 0 Å². The highest BCUT2D eigenvalue weighted by molar-refractivity contribution is 5.06. The maximum Gasteiger partial charge on any atom is 0.0627 e. The molecule has 0 aromatic heterocycles. The minimum absolute atomic E-state index is 0.0315. The van der Waals surface area contributed by atoms with Gasteiger partial charge in [0.1, 0.15) is 0 Å². The molecule has 1 rings (SSSR count). The molecule has 3 atom stereocenters. The maximum absolute atomic E-state index is 10.2.